The highest BCUT2D eigenvalue weighted by Gasteiger charge is 2.77. The second-order valence-corrected chi connectivity index (χ2v) is 14.6. The Hall–Kier alpha value is -4.78. The predicted molar refractivity (Wildman–Crippen MR) is 202 cm³/mol. The molecule has 2 bridgehead atoms. The van der Waals surface area contributed by atoms with Crippen LogP contribution in [0.5, 0.6) is 5.75 Å². The lowest BCUT2D eigenvalue weighted by Crippen LogP contribution is -2.57. The number of aliphatic hydroxyl groups excluding tert-OH is 1. The van der Waals surface area contributed by atoms with E-state index in [0.29, 0.717) is 29.0 Å². The van der Waals surface area contributed by atoms with Crippen molar-refractivity contribution in [1.29, 1.82) is 0 Å². The molecule has 3 aliphatic heterocycles. The summed E-state index contributed by atoms with van der Waals surface area (Å²) in [6.45, 7) is 7.20. The molecule has 3 heterocycles. The molecule has 8 atom stereocenters. The number of methoxy groups -OCH3 is 1. The molecule has 3 saturated heterocycles. The van der Waals surface area contributed by atoms with Crippen molar-refractivity contribution in [2.45, 2.75) is 54.0 Å². The first-order valence-electron chi connectivity index (χ1n) is 17.7. The standard InChI is InChI=1S/C41H44BrN3O8/c1-4-6-17-33(47)43-24-32(27-15-11-8-12-16-27)52-40(50)34-35-38(48)45(31(25-46)26-13-9-7-10-14-26)37(41(35)23-30(42)36(34)53-41)39(49)44(22-5-2)28-18-20-29(51-3)21-19-28/h4-5,7-16,18-21,30-32,34-37,46H,1-2,6,17,22-25H2,3H3,(H,43,47)/t30?,31-,32-,34-,35+,36-,37-,41+/m1/s1. The van der Waals surface area contributed by atoms with Crippen molar-refractivity contribution in [3.63, 3.8) is 0 Å². The lowest BCUT2D eigenvalue weighted by molar-refractivity contribution is -0.160. The van der Waals surface area contributed by atoms with Crippen LogP contribution >= 0.6 is 15.9 Å². The fraction of sp³-hybridized carbons (Fsp3) is 0.366. The Labute approximate surface area is 317 Å². The van der Waals surface area contributed by atoms with Crippen LogP contribution in [0.1, 0.15) is 42.5 Å². The Balaban J connectivity index is 1.39. The summed E-state index contributed by atoms with van der Waals surface area (Å²) in [4.78, 5) is 59.7. The first-order chi connectivity index (χ1) is 25.7. The number of aliphatic hydroxyl groups is 1. The van der Waals surface area contributed by atoms with Crippen LogP contribution in [0.25, 0.3) is 0 Å². The highest BCUT2D eigenvalue weighted by Crippen LogP contribution is 2.61. The van der Waals surface area contributed by atoms with Crippen molar-refractivity contribution < 1.29 is 38.5 Å². The van der Waals surface area contributed by atoms with Gasteiger partial charge in [0.2, 0.25) is 11.8 Å². The fourth-order valence-corrected chi connectivity index (χ4v) is 8.93. The van der Waals surface area contributed by atoms with Gasteiger partial charge in [-0.05, 0) is 48.2 Å². The van der Waals surface area contributed by atoms with Crippen LogP contribution in [0.2, 0.25) is 0 Å². The second kappa shape index (κ2) is 16.5. The van der Waals surface area contributed by atoms with E-state index < -0.39 is 70.9 Å². The number of amides is 3. The van der Waals surface area contributed by atoms with E-state index in [9.17, 15) is 19.5 Å². The number of halogens is 1. The Kier molecular flexibility index (Phi) is 11.8. The number of allylic oxidation sites excluding steroid dienone is 1. The molecule has 3 amide bonds. The number of carbonyl (C=O) groups excluding carboxylic acids is 4. The van der Waals surface area contributed by atoms with Gasteiger partial charge >= 0.3 is 5.97 Å². The molecule has 3 aliphatic rings. The molecular weight excluding hydrogens is 742 g/mol. The molecule has 3 aromatic carbocycles. The summed E-state index contributed by atoms with van der Waals surface area (Å²) in [7, 11) is 1.55. The lowest BCUT2D eigenvalue weighted by atomic mass is 9.70. The van der Waals surface area contributed by atoms with Crippen LogP contribution in [-0.2, 0) is 28.7 Å². The Morgan fingerprint density at radius 3 is 2.30 bits per heavy atom. The number of alkyl halides is 1. The molecule has 0 aromatic heterocycles. The zero-order valence-corrected chi connectivity index (χ0v) is 31.1. The van der Waals surface area contributed by atoms with Gasteiger partial charge < -0.3 is 34.4 Å². The number of rotatable bonds is 16. The molecule has 2 N–H and O–H groups in total. The summed E-state index contributed by atoms with van der Waals surface area (Å²) in [6.07, 6.45) is 2.59. The molecule has 6 rings (SSSR count). The van der Waals surface area contributed by atoms with Gasteiger partial charge in [0.25, 0.3) is 5.91 Å². The summed E-state index contributed by atoms with van der Waals surface area (Å²) < 4.78 is 18.3. The van der Waals surface area contributed by atoms with Crippen LogP contribution < -0.4 is 15.0 Å². The maximum Gasteiger partial charge on any atom is 0.313 e. The average molecular weight is 787 g/mol. The Bertz CT molecular complexity index is 1810. The minimum absolute atomic E-state index is 0.0116. The number of hydrogen-bond acceptors (Lipinski definition) is 8. The van der Waals surface area contributed by atoms with Gasteiger partial charge in [0.05, 0.1) is 44.2 Å². The van der Waals surface area contributed by atoms with E-state index in [1.165, 1.54) is 9.80 Å². The van der Waals surface area contributed by atoms with Crippen LogP contribution in [0.4, 0.5) is 5.69 Å². The summed E-state index contributed by atoms with van der Waals surface area (Å²) in [6, 6.07) is 22.9. The minimum atomic E-state index is -1.44. The number of fused-ring (bicyclic) bond motifs is 1. The number of likely N-dealkylation sites (tertiary alicyclic amines) is 1. The number of benzene rings is 3. The molecule has 1 unspecified atom stereocenters. The normalized spacial score (nSPS) is 25.2. The molecule has 12 heteroatoms. The zero-order valence-electron chi connectivity index (χ0n) is 29.5. The lowest BCUT2D eigenvalue weighted by Gasteiger charge is -2.39. The fourth-order valence-electron chi connectivity index (χ4n) is 7.98. The van der Waals surface area contributed by atoms with Gasteiger partial charge in [-0.1, -0.05) is 88.7 Å². The minimum Gasteiger partial charge on any atom is -0.497 e. The van der Waals surface area contributed by atoms with E-state index >= 15 is 4.79 Å². The quantitative estimate of drug-likeness (QED) is 0.117. The van der Waals surface area contributed by atoms with Gasteiger partial charge in [-0.15, -0.1) is 13.2 Å². The zero-order chi connectivity index (χ0) is 37.7. The number of ether oxygens (including phenoxy) is 3. The van der Waals surface area contributed by atoms with Gasteiger partial charge in [0.15, 0.2) is 0 Å². The second-order valence-electron chi connectivity index (χ2n) is 13.4. The summed E-state index contributed by atoms with van der Waals surface area (Å²) in [5.74, 6) is -3.42. The Morgan fingerprint density at radius 1 is 1.04 bits per heavy atom. The van der Waals surface area contributed by atoms with Gasteiger partial charge in [0.1, 0.15) is 23.5 Å². The number of hydrogen-bond donors (Lipinski definition) is 2. The number of nitrogens with zero attached hydrogens (tertiary/aromatic N) is 2. The summed E-state index contributed by atoms with van der Waals surface area (Å²) >= 11 is 3.73. The largest absolute Gasteiger partial charge is 0.497 e. The molecule has 278 valence electrons. The van der Waals surface area contributed by atoms with Gasteiger partial charge in [0, 0.05) is 23.5 Å². The third kappa shape index (κ3) is 7.27. The molecule has 0 saturated carbocycles. The molecule has 0 radical (unpaired) electrons. The van der Waals surface area contributed by atoms with E-state index in [0.717, 1.165) is 0 Å². The van der Waals surface area contributed by atoms with E-state index in [-0.39, 0.29) is 31.8 Å². The van der Waals surface area contributed by atoms with Crippen molar-refractivity contribution in [1.82, 2.24) is 10.2 Å². The van der Waals surface area contributed by atoms with E-state index in [2.05, 4.69) is 34.4 Å². The summed E-state index contributed by atoms with van der Waals surface area (Å²) in [5, 5.41) is 13.8. The van der Waals surface area contributed by atoms with Crippen LogP contribution in [0.15, 0.2) is 110 Å². The van der Waals surface area contributed by atoms with Crippen LogP contribution in [0.3, 0.4) is 0 Å². The number of carbonyl (C=O) groups is 4. The third-order valence-electron chi connectivity index (χ3n) is 10.4. The van der Waals surface area contributed by atoms with E-state index in [4.69, 9.17) is 14.2 Å². The van der Waals surface area contributed by atoms with Crippen molar-refractivity contribution in [3.8, 4) is 5.75 Å². The maximum atomic E-state index is 15.1. The predicted octanol–water partition coefficient (Wildman–Crippen LogP) is 5.06. The number of anilines is 1. The molecule has 11 nitrogen and oxygen atoms in total. The van der Waals surface area contributed by atoms with Gasteiger partial charge in [-0.3, -0.25) is 19.2 Å². The van der Waals surface area contributed by atoms with Crippen LogP contribution in [-0.4, -0.2) is 83.1 Å². The SMILES string of the molecule is C=CCCC(=O)NC[C@@H](OC(=O)[C@H]1[C@@H]2O[C@@]3(CC2Br)[C@@H]1C(=O)N([C@H](CO)c1ccccc1)[C@@H]3C(=O)N(CC=C)c1ccc(OC)cc1)c1ccccc1. The van der Waals surface area contributed by atoms with Crippen molar-refractivity contribution >= 4 is 45.3 Å². The molecule has 0 aliphatic carbocycles. The highest BCUT2D eigenvalue weighted by molar-refractivity contribution is 9.09. The van der Waals surface area contributed by atoms with Crippen molar-refractivity contribution in [2.75, 3.05) is 31.7 Å². The maximum absolute atomic E-state index is 15.1. The number of esters is 1. The van der Waals surface area contributed by atoms with Gasteiger partial charge in [-0.2, -0.15) is 0 Å². The van der Waals surface area contributed by atoms with Crippen molar-refractivity contribution in [2.24, 2.45) is 11.8 Å². The summed E-state index contributed by atoms with van der Waals surface area (Å²) in [5.41, 5.74) is 0.391. The molecule has 3 fully saturated rings. The monoisotopic (exact) mass is 785 g/mol. The molecule has 53 heavy (non-hydrogen) atoms. The van der Waals surface area contributed by atoms with Gasteiger partial charge in [-0.25, -0.2) is 0 Å². The molecule has 1 spiro atoms. The number of nitrogens with one attached hydrogen (secondary N) is 1. The Morgan fingerprint density at radius 2 is 1.70 bits per heavy atom. The smallest absolute Gasteiger partial charge is 0.313 e. The first kappa shape index (κ1) is 38.0. The third-order valence-corrected chi connectivity index (χ3v) is 11.2. The average Bonchev–Trinajstić information content (AvgIpc) is 3.78. The van der Waals surface area contributed by atoms with E-state index in [1.54, 1.807) is 79.9 Å². The van der Waals surface area contributed by atoms with Crippen molar-refractivity contribution in [3.05, 3.63) is 121 Å². The highest BCUT2D eigenvalue weighted by atomic mass is 79.9. The van der Waals surface area contributed by atoms with E-state index in [1.807, 2.05) is 24.3 Å². The molecule has 3 aromatic rings. The molecular formula is C41H44BrN3O8. The first-order valence-corrected chi connectivity index (χ1v) is 18.6. The van der Waals surface area contributed by atoms with Crippen LogP contribution in [0, 0.1) is 11.8 Å². The topological polar surface area (TPSA) is 135 Å².